The van der Waals surface area contributed by atoms with Gasteiger partial charge in [-0.3, -0.25) is 10.1 Å². The number of nitrogens with one attached hydrogen (secondary N) is 2. The van der Waals surface area contributed by atoms with Crippen molar-refractivity contribution < 1.29 is 27.9 Å². The molecule has 1 aliphatic heterocycles. The zero-order valence-electron chi connectivity index (χ0n) is 17.7. The first-order chi connectivity index (χ1) is 14.9. The van der Waals surface area contributed by atoms with Crippen LogP contribution in [0.15, 0.2) is 24.3 Å². The zero-order valence-corrected chi connectivity index (χ0v) is 18.5. The van der Waals surface area contributed by atoms with Crippen molar-refractivity contribution in [2.24, 2.45) is 0 Å². The third kappa shape index (κ3) is 5.65. The number of nitrogens with zero attached hydrogens (tertiary/aromatic N) is 2. The van der Waals surface area contributed by atoms with E-state index in [9.17, 15) is 18.0 Å². The molecule has 0 spiro atoms. The molecule has 0 bridgehead atoms. The third-order valence-corrected chi connectivity index (χ3v) is 6.10. The van der Waals surface area contributed by atoms with Crippen LogP contribution >= 0.6 is 11.3 Å². The molecule has 3 N–H and O–H groups in total. The molecule has 1 amide bonds. The van der Waals surface area contributed by atoms with Crippen molar-refractivity contribution in [1.29, 1.82) is 0 Å². The van der Waals surface area contributed by atoms with Crippen LogP contribution in [-0.4, -0.2) is 51.6 Å². The number of carbonyl (C=O) groups is 2. The normalized spacial score (nSPS) is 14.1. The number of fused-ring (bicyclic) bond motifs is 2. The second kappa shape index (κ2) is 9.29. The first kappa shape index (κ1) is 23.7. The maximum Gasteiger partial charge on any atom is 0.490 e. The number of rotatable bonds is 3. The topological polar surface area (TPSA) is 98.3 Å². The predicted octanol–water partition coefficient (Wildman–Crippen LogP) is 4.62. The van der Waals surface area contributed by atoms with Gasteiger partial charge in [0.1, 0.15) is 0 Å². The summed E-state index contributed by atoms with van der Waals surface area (Å²) in [7, 11) is 2.11. The maximum absolute atomic E-state index is 12.6. The van der Waals surface area contributed by atoms with Crippen LogP contribution in [0.5, 0.6) is 0 Å². The molecule has 0 fully saturated rings. The van der Waals surface area contributed by atoms with Crippen molar-refractivity contribution in [3.05, 3.63) is 45.1 Å². The van der Waals surface area contributed by atoms with Gasteiger partial charge in [-0.25, -0.2) is 9.78 Å². The molecule has 0 atom stereocenters. The van der Waals surface area contributed by atoms with Gasteiger partial charge >= 0.3 is 12.1 Å². The highest BCUT2D eigenvalue weighted by molar-refractivity contribution is 7.14. The minimum atomic E-state index is -5.08. The zero-order chi connectivity index (χ0) is 23.6. The number of H-pyrrole nitrogens is 1. The summed E-state index contributed by atoms with van der Waals surface area (Å²) in [5, 5.41) is 10.0. The lowest BCUT2D eigenvalue weighted by Crippen LogP contribution is -2.24. The van der Waals surface area contributed by atoms with Gasteiger partial charge in [-0.2, -0.15) is 13.2 Å². The van der Waals surface area contributed by atoms with Gasteiger partial charge in [-0.05, 0) is 48.7 Å². The quantitative estimate of drug-likeness (QED) is 0.521. The standard InChI is InChI=1S/C19H22N4OS.C2HF3O2/c1-11(2)12-4-5-14-15(8-12)21-19(20-14)22-18(24)16-9-13-6-7-23(3)10-17(13)25-16;3-2(4,5)1(6)7/h4-5,8-9,11H,6-7,10H2,1-3H3,(H2,20,21,22,24);(H,6,7). The van der Waals surface area contributed by atoms with Crippen molar-refractivity contribution >= 4 is 40.2 Å². The average Bonchev–Trinajstić information content (AvgIpc) is 3.29. The number of anilines is 1. The number of thiophene rings is 1. The Balaban J connectivity index is 0.000000360. The van der Waals surface area contributed by atoms with E-state index in [1.54, 1.807) is 11.3 Å². The van der Waals surface area contributed by atoms with Crippen molar-refractivity contribution in [3.8, 4) is 0 Å². The van der Waals surface area contributed by atoms with E-state index in [0.717, 1.165) is 35.4 Å². The number of carboxylic acids is 1. The van der Waals surface area contributed by atoms with Gasteiger partial charge in [0.05, 0.1) is 15.9 Å². The average molecular weight is 469 g/mol. The summed E-state index contributed by atoms with van der Waals surface area (Å²) in [5.74, 6) is -1.89. The predicted molar refractivity (Wildman–Crippen MR) is 116 cm³/mol. The van der Waals surface area contributed by atoms with E-state index < -0.39 is 12.1 Å². The lowest BCUT2D eigenvalue weighted by Gasteiger charge is -2.21. The van der Waals surface area contributed by atoms with E-state index in [2.05, 4.69) is 53.2 Å². The highest BCUT2D eigenvalue weighted by atomic mass is 32.1. The van der Waals surface area contributed by atoms with E-state index in [1.807, 2.05) is 12.1 Å². The van der Waals surface area contributed by atoms with Crippen LogP contribution in [0, 0.1) is 0 Å². The SMILES string of the molecule is CC(C)c1ccc2nc(NC(=O)c3cc4c(s3)CN(C)CC4)[nH]c2c1.O=C(O)C(F)(F)F. The molecule has 1 aliphatic rings. The number of likely N-dealkylation sites (N-methyl/N-ethyl adjacent to an activating group) is 1. The fraction of sp³-hybridized carbons (Fsp3) is 0.381. The number of alkyl halides is 3. The minimum Gasteiger partial charge on any atom is -0.475 e. The van der Waals surface area contributed by atoms with Gasteiger partial charge in [0, 0.05) is 18.0 Å². The van der Waals surface area contributed by atoms with E-state index >= 15 is 0 Å². The number of aliphatic carboxylic acids is 1. The fourth-order valence-corrected chi connectivity index (χ4v) is 4.36. The Morgan fingerprint density at radius 3 is 2.59 bits per heavy atom. The molecule has 0 radical (unpaired) electrons. The summed E-state index contributed by atoms with van der Waals surface area (Å²) in [6, 6.07) is 8.21. The Labute approximate surface area is 186 Å². The van der Waals surface area contributed by atoms with E-state index in [1.165, 1.54) is 16.0 Å². The number of benzene rings is 1. The van der Waals surface area contributed by atoms with Crippen LogP contribution in [0.3, 0.4) is 0 Å². The van der Waals surface area contributed by atoms with Gasteiger partial charge in [-0.15, -0.1) is 11.3 Å². The lowest BCUT2D eigenvalue weighted by molar-refractivity contribution is -0.192. The smallest absolute Gasteiger partial charge is 0.475 e. The van der Waals surface area contributed by atoms with E-state index in [0.29, 0.717) is 11.9 Å². The number of carboxylic acid groups (broad SMARTS) is 1. The molecule has 2 aromatic heterocycles. The number of aromatic nitrogens is 2. The molecule has 3 aromatic rings. The second-order valence-corrected chi connectivity index (χ2v) is 8.96. The van der Waals surface area contributed by atoms with Crippen LogP contribution < -0.4 is 5.32 Å². The third-order valence-electron chi connectivity index (χ3n) is 4.94. The van der Waals surface area contributed by atoms with Crippen molar-refractivity contribution in [2.45, 2.75) is 38.9 Å². The summed E-state index contributed by atoms with van der Waals surface area (Å²) in [5.41, 5.74) is 4.38. The van der Waals surface area contributed by atoms with Crippen LogP contribution in [0.1, 0.15) is 45.4 Å². The van der Waals surface area contributed by atoms with Crippen molar-refractivity contribution in [1.82, 2.24) is 14.9 Å². The molecule has 1 aromatic carbocycles. The molecule has 0 saturated heterocycles. The minimum absolute atomic E-state index is 0.0924. The summed E-state index contributed by atoms with van der Waals surface area (Å²) < 4.78 is 31.7. The first-order valence-corrected chi connectivity index (χ1v) is 10.7. The van der Waals surface area contributed by atoms with Crippen molar-refractivity contribution in [2.75, 3.05) is 18.9 Å². The number of hydrogen-bond acceptors (Lipinski definition) is 5. The summed E-state index contributed by atoms with van der Waals surface area (Å²) in [4.78, 5) is 33.5. The molecule has 3 heterocycles. The Morgan fingerprint density at radius 1 is 1.28 bits per heavy atom. The van der Waals surface area contributed by atoms with E-state index in [4.69, 9.17) is 9.90 Å². The highest BCUT2D eigenvalue weighted by Crippen LogP contribution is 2.28. The van der Waals surface area contributed by atoms with Gasteiger partial charge in [0.25, 0.3) is 5.91 Å². The molecular formula is C21H23F3N4O3S. The lowest BCUT2D eigenvalue weighted by atomic mass is 10.0. The fourth-order valence-electron chi connectivity index (χ4n) is 3.17. The number of amides is 1. The van der Waals surface area contributed by atoms with Crippen LogP contribution in [0.2, 0.25) is 0 Å². The van der Waals surface area contributed by atoms with Crippen LogP contribution in [-0.2, 0) is 17.8 Å². The van der Waals surface area contributed by atoms with Crippen molar-refractivity contribution in [3.63, 3.8) is 0 Å². The molecule has 4 rings (SSSR count). The van der Waals surface area contributed by atoms with Gasteiger partial charge < -0.3 is 15.0 Å². The molecule has 7 nitrogen and oxygen atoms in total. The Hall–Kier alpha value is -2.92. The summed E-state index contributed by atoms with van der Waals surface area (Å²) in [6.07, 6.45) is -4.07. The van der Waals surface area contributed by atoms with Crippen LogP contribution in [0.25, 0.3) is 11.0 Å². The number of aromatic amines is 1. The summed E-state index contributed by atoms with van der Waals surface area (Å²) >= 11 is 1.58. The Bertz CT molecular complexity index is 1140. The molecule has 11 heteroatoms. The van der Waals surface area contributed by atoms with Gasteiger partial charge in [0.15, 0.2) is 0 Å². The maximum atomic E-state index is 12.6. The monoisotopic (exact) mass is 468 g/mol. The number of imidazole rings is 1. The molecule has 32 heavy (non-hydrogen) atoms. The van der Waals surface area contributed by atoms with E-state index in [-0.39, 0.29) is 5.91 Å². The number of hydrogen-bond donors (Lipinski definition) is 3. The molecule has 0 unspecified atom stereocenters. The highest BCUT2D eigenvalue weighted by Gasteiger charge is 2.38. The Morgan fingerprint density at radius 2 is 1.97 bits per heavy atom. The second-order valence-electron chi connectivity index (χ2n) is 7.82. The molecule has 0 saturated carbocycles. The van der Waals surface area contributed by atoms with Crippen LogP contribution in [0.4, 0.5) is 19.1 Å². The number of halogens is 3. The number of carbonyl (C=O) groups excluding carboxylic acids is 1. The first-order valence-electron chi connectivity index (χ1n) is 9.85. The van der Waals surface area contributed by atoms with Gasteiger partial charge in [0.2, 0.25) is 5.95 Å². The molecular weight excluding hydrogens is 445 g/mol. The Kier molecular flexibility index (Phi) is 6.89. The molecule has 0 aliphatic carbocycles. The van der Waals surface area contributed by atoms with Gasteiger partial charge in [-0.1, -0.05) is 19.9 Å². The summed E-state index contributed by atoms with van der Waals surface area (Å²) in [6.45, 7) is 6.30. The molecule has 172 valence electrons. The largest absolute Gasteiger partial charge is 0.490 e.